The first-order chi connectivity index (χ1) is 20.1. The molecule has 0 radical (unpaired) electrons. The number of nitrogens with one attached hydrogen (secondary N) is 1. The maximum Gasteiger partial charge on any atom is 0.401 e. The van der Waals surface area contributed by atoms with Gasteiger partial charge < -0.3 is 31.5 Å². The summed E-state index contributed by atoms with van der Waals surface area (Å²) in [6, 6.07) is 8.41. The minimum atomic E-state index is -4.34. The summed E-state index contributed by atoms with van der Waals surface area (Å²) >= 11 is 0. The van der Waals surface area contributed by atoms with Gasteiger partial charge in [0.15, 0.2) is 11.4 Å². The molecule has 1 fully saturated rings. The lowest BCUT2D eigenvalue weighted by atomic mass is 9.57. The number of hydrogen-bond acceptors (Lipinski definition) is 9. The molecule has 5 rings (SSSR count). The summed E-state index contributed by atoms with van der Waals surface area (Å²) in [5.74, 6) is -7.31. The molecule has 13 heteroatoms. The van der Waals surface area contributed by atoms with Crippen LogP contribution in [-0.2, 0) is 27.3 Å². The Morgan fingerprint density at radius 1 is 1.09 bits per heavy atom. The van der Waals surface area contributed by atoms with Crippen molar-refractivity contribution in [3.63, 3.8) is 0 Å². The minimum absolute atomic E-state index is 0.0145. The van der Waals surface area contributed by atoms with E-state index < -0.39 is 70.8 Å². The second-order valence-electron chi connectivity index (χ2n) is 11.4. The van der Waals surface area contributed by atoms with Crippen LogP contribution in [0.1, 0.15) is 23.1 Å². The van der Waals surface area contributed by atoms with Crippen LogP contribution in [0.15, 0.2) is 53.3 Å². The highest BCUT2D eigenvalue weighted by atomic mass is 19.4. The summed E-state index contributed by atoms with van der Waals surface area (Å²) < 4.78 is 37.4. The van der Waals surface area contributed by atoms with Crippen molar-refractivity contribution >= 4 is 23.2 Å². The third-order valence-electron chi connectivity index (χ3n) is 8.52. The number of phenolic OH excluding ortho intramolecular Hbond substituents is 1. The summed E-state index contributed by atoms with van der Waals surface area (Å²) in [6.45, 7) is -1.15. The van der Waals surface area contributed by atoms with Gasteiger partial charge in [0.25, 0.3) is 5.91 Å². The van der Waals surface area contributed by atoms with E-state index in [4.69, 9.17) is 5.73 Å². The Bertz CT molecular complexity index is 1600. The molecule has 0 heterocycles. The molecule has 1 amide bonds. The number of alkyl halides is 3. The zero-order chi connectivity index (χ0) is 31.6. The molecule has 3 aliphatic rings. The first-order valence-corrected chi connectivity index (χ1v) is 13.4. The molecule has 0 saturated heterocycles. The molecule has 0 unspecified atom stereocenters. The first-order valence-electron chi connectivity index (χ1n) is 13.4. The van der Waals surface area contributed by atoms with E-state index in [1.165, 1.54) is 25.1 Å². The lowest BCUT2D eigenvalue weighted by Crippen LogP contribution is -2.65. The Kier molecular flexibility index (Phi) is 7.39. The van der Waals surface area contributed by atoms with Crippen molar-refractivity contribution in [3.05, 3.63) is 70.0 Å². The Morgan fingerprint density at radius 3 is 2.33 bits per heavy atom. The molecular weight excluding hydrogens is 571 g/mol. The normalized spacial score (nSPS) is 25.5. The third kappa shape index (κ3) is 4.86. The van der Waals surface area contributed by atoms with E-state index in [1.807, 2.05) is 0 Å². The van der Waals surface area contributed by atoms with E-state index >= 15 is 0 Å². The number of Topliss-reactive ketones (excluding diaryl/α,β-unsaturated/α-hetero) is 2. The van der Waals surface area contributed by atoms with Gasteiger partial charge in [-0.15, -0.1) is 0 Å². The first kappa shape index (κ1) is 30.3. The molecule has 4 atom stereocenters. The quantitative estimate of drug-likeness (QED) is 0.272. The van der Waals surface area contributed by atoms with Crippen molar-refractivity contribution in [3.8, 4) is 16.9 Å². The summed E-state index contributed by atoms with van der Waals surface area (Å²) in [5.41, 5.74) is 3.72. The average molecular weight is 602 g/mol. The number of aromatic hydroxyl groups is 1. The van der Waals surface area contributed by atoms with Crippen molar-refractivity contribution in [1.82, 2.24) is 10.2 Å². The maximum absolute atomic E-state index is 13.9. The number of nitrogens with two attached hydrogens (primary N) is 1. The SMILES string of the molecule is CN(C)[C@H]1C(=O)C(C(N)=O)=C(O)[C@@]2(O)C(=O)C3=C(O)c4c(O)ccc(-c5ccc(CNCC(F)(F)F)cc5)c4C[C@@H]3C[C@@H]12. The summed E-state index contributed by atoms with van der Waals surface area (Å²) in [5, 5.41) is 47.1. The highest BCUT2D eigenvalue weighted by Gasteiger charge is 2.64. The van der Waals surface area contributed by atoms with Gasteiger partial charge in [-0.25, -0.2) is 0 Å². The van der Waals surface area contributed by atoms with Crippen LogP contribution < -0.4 is 11.1 Å². The number of phenols is 1. The molecule has 7 N–H and O–H groups in total. The number of likely N-dealkylation sites (N-methyl/N-ethyl adjacent to an activating group) is 1. The number of ketones is 2. The molecule has 0 bridgehead atoms. The van der Waals surface area contributed by atoms with E-state index in [1.54, 1.807) is 30.3 Å². The monoisotopic (exact) mass is 601 g/mol. The molecule has 3 aliphatic carbocycles. The highest BCUT2D eigenvalue weighted by Crippen LogP contribution is 2.53. The standard InChI is InChI=1S/C30H30F3N3O7/c1-36(2)23-18-10-15-9-17-16(14-5-3-13(4-6-14)11-35-12-29(31,32)33)7-8-19(37)21(17)24(38)20(15)26(40)30(18,43)27(41)22(25(23)39)28(34)42/h3-8,15,18,23,35,37-38,41,43H,9-12H2,1-2H3,(H2,34,42)/t15-,18+,23-,30+/m1/s1. The lowest BCUT2D eigenvalue weighted by molar-refractivity contribution is -0.153. The van der Waals surface area contributed by atoms with E-state index in [9.17, 15) is 48.0 Å². The molecule has 0 aromatic heterocycles. The number of nitrogens with zero attached hydrogens (tertiary/aromatic N) is 1. The lowest BCUT2D eigenvalue weighted by Gasteiger charge is -2.50. The number of amides is 1. The molecule has 10 nitrogen and oxygen atoms in total. The van der Waals surface area contributed by atoms with E-state index in [0.29, 0.717) is 22.3 Å². The minimum Gasteiger partial charge on any atom is -0.508 e. The van der Waals surface area contributed by atoms with Crippen LogP contribution in [-0.4, -0.2) is 81.3 Å². The molecule has 1 saturated carbocycles. The van der Waals surface area contributed by atoms with E-state index in [0.717, 1.165) is 0 Å². The maximum atomic E-state index is 13.9. The number of carbonyl (C=O) groups is 3. The Labute approximate surface area is 243 Å². The van der Waals surface area contributed by atoms with Gasteiger partial charge in [0.2, 0.25) is 5.78 Å². The number of benzene rings is 2. The number of aliphatic hydroxyl groups excluding tert-OH is 2. The Balaban J connectivity index is 1.58. The molecule has 2 aromatic carbocycles. The van der Waals surface area contributed by atoms with Gasteiger partial charge in [-0.1, -0.05) is 30.3 Å². The molecule has 0 aliphatic heterocycles. The largest absolute Gasteiger partial charge is 0.508 e. The molecule has 228 valence electrons. The predicted octanol–water partition coefficient (Wildman–Crippen LogP) is 2.28. The van der Waals surface area contributed by atoms with Crippen LogP contribution in [0.4, 0.5) is 13.2 Å². The second-order valence-corrected chi connectivity index (χ2v) is 11.4. The topological polar surface area (TPSA) is 173 Å². The van der Waals surface area contributed by atoms with Crippen molar-refractivity contribution in [2.24, 2.45) is 17.6 Å². The van der Waals surface area contributed by atoms with Gasteiger partial charge in [-0.2, -0.15) is 13.2 Å². The number of rotatable bonds is 6. The van der Waals surface area contributed by atoms with Crippen molar-refractivity contribution in [2.45, 2.75) is 37.2 Å². The van der Waals surface area contributed by atoms with Crippen LogP contribution in [0.3, 0.4) is 0 Å². The molecule has 0 spiro atoms. The summed E-state index contributed by atoms with van der Waals surface area (Å²) in [6.07, 6.45) is -4.29. The fourth-order valence-electron chi connectivity index (χ4n) is 6.67. The fourth-order valence-corrected chi connectivity index (χ4v) is 6.67. The molecule has 2 aromatic rings. The highest BCUT2D eigenvalue weighted by molar-refractivity contribution is 6.24. The van der Waals surface area contributed by atoms with Crippen LogP contribution in [0, 0.1) is 11.8 Å². The van der Waals surface area contributed by atoms with Crippen molar-refractivity contribution in [2.75, 3.05) is 20.6 Å². The number of aliphatic hydroxyl groups is 3. The smallest absolute Gasteiger partial charge is 0.401 e. The fraction of sp³-hybridized carbons (Fsp3) is 0.367. The Morgan fingerprint density at radius 2 is 1.74 bits per heavy atom. The van der Waals surface area contributed by atoms with Gasteiger partial charge in [0.1, 0.15) is 22.8 Å². The number of primary amides is 1. The number of hydrogen-bond donors (Lipinski definition) is 6. The van der Waals surface area contributed by atoms with Gasteiger partial charge >= 0.3 is 6.18 Å². The van der Waals surface area contributed by atoms with Gasteiger partial charge in [0.05, 0.1) is 18.2 Å². The Hall–Kier alpha value is -4.20. The zero-order valence-electron chi connectivity index (χ0n) is 23.2. The predicted molar refractivity (Wildman–Crippen MR) is 147 cm³/mol. The van der Waals surface area contributed by atoms with Gasteiger partial charge in [0, 0.05) is 18.0 Å². The third-order valence-corrected chi connectivity index (χ3v) is 8.52. The van der Waals surface area contributed by atoms with Gasteiger partial charge in [-0.05, 0) is 61.2 Å². The van der Waals surface area contributed by atoms with Crippen LogP contribution in [0.5, 0.6) is 5.75 Å². The van der Waals surface area contributed by atoms with Crippen molar-refractivity contribution < 1.29 is 48.0 Å². The average Bonchev–Trinajstić information content (AvgIpc) is 2.90. The second kappa shape index (κ2) is 10.5. The van der Waals surface area contributed by atoms with Crippen LogP contribution >= 0.6 is 0 Å². The van der Waals surface area contributed by atoms with Crippen LogP contribution in [0.2, 0.25) is 0 Å². The number of halogens is 3. The molecule has 43 heavy (non-hydrogen) atoms. The van der Waals surface area contributed by atoms with E-state index in [-0.39, 0.29) is 36.3 Å². The van der Waals surface area contributed by atoms with Crippen molar-refractivity contribution in [1.29, 1.82) is 0 Å². The summed E-state index contributed by atoms with van der Waals surface area (Å²) in [4.78, 5) is 40.7. The zero-order valence-corrected chi connectivity index (χ0v) is 23.2. The summed E-state index contributed by atoms with van der Waals surface area (Å²) in [7, 11) is 3.04. The van der Waals surface area contributed by atoms with Gasteiger partial charge in [-0.3, -0.25) is 19.3 Å². The van der Waals surface area contributed by atoms with E-state index in [2.05, 4.69) is 5.32 Å². The number of carbonyl (C=O) groups excluding carboxylic acids is 3. The number of fused-ring (bicyclic) bond motifs is 3. The molecular formula is C30H30F3N3O7. The van der Waals surface area contributed by atoms with Crippen LogP contribution in [0.25, 0.3) is 16.9 Å².